The molecule has 2 saturated carbocycles. The average molecular weight is 291 g/mol. The van der Waals surface area contributed by atoms with Gasteiger partial charge in [0, 0.05) is 32.2 Å². The lowest BCUT2D eigenvalue weighted by atomic mass is 9.93. The second-order valence-corrected chi connectivity index (χ2v) is 7.74. The first kappa shape index (κ1) is 14.0. The van der Waals surface area contributed by atoms with Crippen LogP contribution < -0.4 is 0 Å². The van der Waals surface area contributed by atoms with Crippen molar-refractivity contribution in [3.05, 3.63) is 0 Å². The van der Waals surface area contributed by atoms with Gasteiger partial charge in [-0.3, -0.25) is 14.6 Å². The Bertz CT molecular complexity index is 405. The molecule has 2 heterocycles. The van der Waals surface area contributed by atoms with Crippen molar-refractivity contribution < 1.29 is 4.79 Å². The monoisotopic (exact) mass is 291 g/mol. The highest BCUT2D eigenvalue weighted by Gasteiger charge is 2.43. The van der Waals surface area contributed by atoms with Crippen molar-refractivity contribution >= 4 is 5.91 Å². The summed E-state index contributed by atoms with van der Waals surface area (Å²) in [6, 6.07) is 1.01. The molecule has 4 heteroatoms. The van der Waals surface area contributed by atoms with Crippen molar-refractivity contribution in [3.63, 3.8) is 0 Å². The first-order chi connectivity index (χ1) is 10.2. The topological polar surface area (TPSA) is 26.8 Å². The zero-order valence-electron chi connectivity index (χ0n) is 13.3. The Morgan fingerprint density at radius 3 is 2.33 bits per heavy atom. The summed E-state index contributed by atoms with van der Waals surface area (Å²) in [6.45, 7) is 5.21. The van der Waals surface area contributed by atoms with Crippen LogP contribution in [0.2, 0.25) is 0 Å². The van der Waals surface area contributed by atoms with E-state index in [1.165, 1.54) is 32.1 Å². The predicted octanol–water partition coefficient (Wildman–Crippen LogP) is 1.41. The van der Waals surface area contributed by atoms with Gasteiger partial charge < -0.3 is 4.90 Å². The summed E-state index contributed by atoms with van der Waals surface area (Å²) in [6.07, 6.45) is 8.09. The molecule has 4 fully saturated rings. The third kappa shape index (κ3) is 2.50. The Hall–Kier alpha value is -0.610. The molecule has 4 nitrogen and oxygen atoms in total. The standard InChI is InChI=1S/C17H29N3O/c1-18-6-2-3-15(18)17(21)20-9-7-19(8-10-20)16-12-13-4-5-14(16)11-13/h13-16H,2-12H2,1H3/t13-,14-,15+,16-/m0/s1. The molecule has 21 heavy (non-hydrogen) atoms. The van der Waals surface area contributed by atoms with Crippen LogP contribution in [0.1, 0.15) is 38.5 Å². The summed E-state index contributed by atoms with van der Waals surface area (Å²) in [5.74, 6) is 2.38. The number of carbonyl (C=O) groups is 1. The van der Waals surface area contributed by atoms with E-state index >= 15 is 0 Å². The molecule has 1 amide bonds. The first-order valence-corrected chi connectivity index (χ1v) is 8.95. The lowest BCUT2D eigenvalue weighted by molar-refractivity contribution is -0.137. The Labute approximate surface area is 128 Å². The van der Waals surface area contributed by atoms with E-state index in [4.69, 9.17) is 0 Å². The summed E-state index contributed by atoms with van der Waals surface area (Å²) in [5, 5.41) is 0. The van der Waals surface area contributed by atoms with Crippen LogP contribution in [0.4, 0.5) is 0 Å². The lowest BCUT2D eigenvalue weighted by Gasteiger charge is -2.42. The van der Waals surface area contributed by atoms with Crippen LogP contribution in [0.15, 0.2) is 0 Å². The molecule has 0 aromatic heterocycles. The van der Waals surface area contributed by atoms with Gasteiger partial charge in [0.2, 0.25) is 5.91 Å². The Morgan fingerprint density at radius 2 is 1.76 bits per heavy atom. The van der Waals surface area contributed by atoms with Crippen molar-refractivity contribution in [2.75, 3.05) is 39.8 Å². The summed E-state index contributed by atoms with van der Waals surface area (Å²) >= 11 is 0. The van der Waals surface area contributed by atoms with Gasteiger partial charge in [-0.2, -0.15) is 0 Å². The summed E-state index contributed by atoms with van der Waals surface area (Å²) < 4.78 is 0. The maximum absolute atomic E-state index is 12.6. The Kier molecular flexibility index (Phi) is 3.70. The van der Waals surface area contributed by atoms with Crippen LogP contribution in [0.3, 0.4) is 0 Å². The van der Waals surface area contributed by atoms with Crippen LogP contribution in [0.5, 0.6) is 0 Å². The fourth-order valence-electron chi connectivity index (χ4n) is 5.37. The van der Waals surface area contributed by atoms with Gasteiger partial charge in [-0.15, -0.1) is 0 Å². The normalized spacial score (nSPS) is 41.1. The zero-order valence-corrected chi connectivity index (χ0v) is 13.3. The number of fused-ring (bicyclic) bond motifs is 2. The predicted molar refractivity (Wildman–Crippen MR) is 83.0 cm³/mol. The van der Waals surface area contributed by atoms with Crippen molar-refractivity contribution in [1.29, 1.82) is 0 Å². The van der Waals surface area contributed by atoms with Crippen LogP contribution >= 0.6 is 0 Å². The molecule has 0 unspecified atom stereocenters. The van der Waals surface area contributed by atoms with Gasteiger partial charge in [-0.1, -0.05) is 6.42 Å². The highest BCUT2D eigenvalue weighted by molar-refractivity contribution is 5.82. The average Bonchev–Trinajstić information content (AvgIpc) is 3.23. The van der Waals surface area contributed by atoms with Gasteiger partial charge in [0.05, 0.1) is 6.04 Å². The summed E-state index contributed by atoms with van der Waals surface area (Å²) in [7, 11) is 2.10. The minimum absolute atomic E-state index is 0.166. The molecule has 0 N–H and O–H groups in total. The van der Waals surface area contributed by atoms with Crippen LogP contribution in [-0.2, 0) is 4.79 Å². The summed E-state index contributed by atoms with van der Waals surface area (Å²) in [5.41, 5.74) is 0. The van der Waals surface area contributed by atoms with Gasteiger partial charge in [0.1, 0.15) is 0 Å². The van der Waals surface area contributed by atoms with Gasteiger partial charge in [0.25, 0.3) is 0 Å². The van der Waals surface area contributed by atoms with Gasteiger partial charge in [-0.25, -0.2) is 0 Å². The molecule has 2 saturated heterocycles. The van der Waals surface area contributed by atoms with E-state index in [9.17, 15) is 4.79 Å². The molecule has 0 aromatic carbocycles. The van der Waals surface area contributed by atoms with E-state index < -0.39 is 0 Å². The number of hydrogen-bond acceptors (Lipinski definition) is 3. The number of likely N-dealkylation sites (N-methyl/N-ethyl adjacent to an activating group) is 1. The van der Waals surface area contributed by atoms with Gasteiger partial charge in [0.15, 0.2) is 0 Å². The molecule has 4 atom stereocenters. The SMILES string of the molecule is CN1CCC[C@@H]1C(=O)N1CCN([C@H]2C[C@H]3CC[C@H]2C3)CC1. The number of hydrogen-bond donors (Lipinski definition) is 0. The highest BCUT2D eigenvalue weighted by Crippen LogP contribution is 2.46. The molecule has 0 radical (unpaired) electrons. The smallest absolute Gasteiger partial charge is 0.240 e. The molecular formula is C17H29N3O. The molecule has 0 aromatic rings. The Balaban J connectivity index is 1.31. The fourth-order valence-corrected chi connectivity index (χ4v) is 5.37. The lowest BCUT2D eigenvalue weighted by Crippen LogP contribution is -2.55. The van der Waals surface area contributed by atoms with Crippen molar-refractivity contribution in [2.45, 2.75) is 50.6 Å². The van der Waals surface area contributed by atoms with E-state index in [0.29, 0.717) is 5.91 Å². The van der Waals surface area contributed by atoms with E-state index in [2.05, 4.69) is 21.7 Å². The number of carbonyl (C=O) groups excluding carboxylic acids is 1. The molecule has 4 aliphatic rings. The molecular weight excluding hydrogens is 262 g/mol. The van der Waals surface area contributed by atoms with Gasteiger partial charge in [-0.05, 0) is 57.5 Å². The van der Waals surface area contributed by atoms with E-state index in [-0.39, 0.29) is 6.04 Å². The number of nitrogens with zero attached hydrogens (tertiary/aromatic N) is 3. The second kappa shape index (κ2) is 5.54. The number of piperazine rings is 1. The molecule has 2 aliphatic heterocycles. The zero-order chi connectivity index (χ0) is 14.4. The largest absolute Gasteiger partial charge is 0.339 e. The molecule has 2 aliphatic carbocycles. The number of rotatable bonds is 2. The van der Waals surface area contributed by atoms with Crippen LogP contribution in [0, 0.1) is 11.8 Å². The van der Waals surface area contributed by atoms with Crippen LogP contribution in [0.25, 0.3) is 0 Å². The maximum atomic E-state index is 12.6. The van der Waals surface area contributed by atoms with E-state index in [1.54, 1.807) is 0 Å². The third-order valence-corrected chi connectivity index (χ3v) is 6.60. The number of amides is 1. The first-order valence-electron chi connectivity index (χ1n) is 8.95. The van der Waals surface area contributed by atoms with Gasteiger partial charge >= 0.3 is 0 Å². The molecule has 0 spiro atoms. The van der Waals surface area contributed by atoms with Crippen molar-refractivity contribution in [3.8, 4) is 0 Å². The highest BCUT2D eigenvalue weighted by atomic mass is 16.2. The van der Waals surface area contributed by atoms with E-state index in [0.717, 1.165) is 57.0 Å². The summed E-state index contributed by atoms with van der Waals surface area (Å²) in [4.78, 5) is 19.7. The molecule has 2 bridgehead atoms. The van der Waals surface area contributed by atoms with E-state index in [1.807, 2.05) is 0 Å². The quantitative estimate of drug-likeness (QED) is 0.770. The van der Waals surface area contributed by atoms with Crippen molar-refractivity contribution in [1.82, 2.24) is 14.7 Å². The second-order valence-electron chi connectivity index (χ2n) is 7.74. The minimum Gasteiger partial charge on any atom is -0.339 e. The number of likely N-dealkylation sites (tertiary alicyclic amines) is 1. The Morgan fingerprint density at radius 1 is 0.952 bits per heavy atom. The maximum Gasteiger partial charge on any atom is 0.240 e. The fraction of sp³-hybridized carbons (Fsp3) is 0.941. The molecule has 118 valence electrons. The van der Waals surface area contributed by atoms with Crippen LogP contribution in [-0.4, -0.2) is 72.5 Å². The minimum atomic E-state index is 0.166. The van der Waals surface area contributed by atoms with Crippen molar-refractivity contribution in [2.24, 2.45) is 11.8 Å². The third-order valence-electron chi connectivity index (χ3n) is 6.60. The molecule has 4 rings (SSSR count).